The molecule has 1 unspecified atom stereocenters. The summed E-state index contributed by atoms with van der Waals surface area (Å²) >= 11 is 0. The predicted octanol–water partition coefficient (Wildman–Crippen LogP) is 0.400. The van der Waals surface area contributed by atoms with Gasteiger partial charge in [0.2, 0.25) is 11.8 Å². The summed E-state index contributed by atoms with van der Waals surface area (Å²) in [6.07, 6.45) is 3.58. The molecule has 110 valence electrons. The SMILES string of the molecule is CC(NCCNC(=O)C1CC1)C(=O)NCc1ccco1. The molecule has 0 radical (unpaired) electrons. The van der Waals surface area contributed by atoms with Crippen molar-refractivity contribution in [2.24, 2.45) is 5.92 Å². The number of rotatable bonds is 8. The lowest BCUT2D eigenvalue weighted by atomic mass is 10.3. The van der Waals surface area contributed by atoms with Crippen LogP contribution in [0, 0.1) is 5.92 Å². The lowest BCUT2D eigenvalue weighted by molar-refractivity contribution is -0.123. The first kappa shape index (κ1) is 14.6. The third-order valence-electron chi connectivity index (χ3n) is 3.23. The Kier molecular flexibility index (Phi) is 5.17. The molecule has 0 bridgehead atoms. The first-order chi connectivity index (χ1) is 9.66. The second-order valence-electron chi connectivity index (χ2n) is 5.04. The smallest absolute Gasteiger partial charge is 0.237 e. The van der Waals surface area contributed by atoms with E-state index in [2.05, 4.69) is 16.0 Å². The van der Waals surface area contributed by atoms with Gasteiger partial charge in [0.25, 0.3) is 0 Å². The molecule has 1 aliphatic rings. The molecule has 1 aromatic heterocycles. The molecule has 1 heterocycles. The molecule has 1 aliphatic carbocycles. The second-order valence-corrected chi connectivity index (χ2v) is 5.04. The lowest BCUT2D eigenvalue weighted by Crippen LogP contribution is -2.44. The van der Waals surface area contributed by atoms with Crippen LogP contribution in [0.5, 0.6) is 0 Å². The van der Waals surface area contributed by atoms with Crippen LogP contribution < -0.4 is 16.0 Å². The van der Waals surface area contributed by atoms with Crippen molar-refractivity contribution >= 4 is 11.8 Å². The van der Waals surface area contributed by atoms with Crippen LogP contribution in [0.1, 0.15) is 25.5 Å². The van der Waals surface area contributed by atoms with Gasteiger partial charge < -0.3 is 20.4 Å². The molecule has 6 heteroatoms. The monoisotopic (exact) mass is 279 g/mol. The van der Waals surface area contributed by atoms with E-state index in [1.165, 1.54) is 0 Å². The molecule has 0 aliphatic heterocycles. The van der Waals surface area contributed by atoms with E-state index >= 15 is 0 Å². The van der Waals surface area contributed by atoms with Gasteiger partial charge in [0.15, 0.2) is 0 Å². The van der Waals surface area contributed by atoms with Crippen molar-refractivity contribution in [2.75, 3.05) is 13.1 Å². The van der Waals surface area contributed by atoms with E-state index in [1.807, 2.05) is 6.07 Å². The van der Waals surface area contributed by atoms with Crippen molar-refractivity contribution in [3.63, 3.8) is 0 Å². The maximum absolute atomic E-state index is 11.8. The summed E-state index contributed by atoms with van der Waals surface area (Å²) in [6, 6.07) is 3.29. The molecule has 1 aromatic rings. The maximum atomic E-state index is 11.8. The molecule has 6 nitrogen and oxygen atoms in total. The minimum atomic E-state index is -0.303. The van der Waals surface area contributed by atoms with E-state index in [0.29, 0.717) is 19.6 Å². The van der Waals surface area contributed by atoms with Crippen molar-refractivity contribution in [1.29, 1.82) is 0 Å². The summed E-state index contributed by atoms with van der Waals surface area (Å²) in [7, 11) is 0. The number of hydrogen-bond acceptors (Lipinski definition) is 4. The number of carbonyl (C=O) groups is 2. The Morgan fingerprint density at radius 1 is 1.35 bits per heavy atom. The summed E-state index contributed by atoms with van der Waals surface area (Å²) in [5.74, 6) is 0.989. The highest BCUT2D eigenvalue weighted by Gasteiger charge is 2.29. The minimum absolute atomic E-state index is 0.0880. The Balaban J connectivity index is 1.55. The van der Waals surface area contributed by atoms with Gasteiger partial charge in [-0.2, -0.15) is 0 Å². The molecule has 0 spiro atoms. The fourth-order valence-electron chi connectivity index (χ4n) is 1.80. The topological polar surface area (TPSA) is 83.4 Å². The summed E-state index contributed by atoms with van der Waals surface area (Å²) in [6.45, 7) is 3.30. The molecule has 0 saturated heterocycles. The van der Waals surface area contributed by atoms with Gasteiger partial charge in [-0.3, -0.25) is 9.59 Å². The molecular weight excluding hydrogens is 258 g/mol. The average molecular weight is 279 g/mol. The average Bonchev–Trinajstić information content (AvgIpc) is 3.17. The van der Waals surface area contributed by atoms with E-state index < -0.39 is 0 Å². The second kappa shape index (κ2) is 7.09. The number of carbonyl (C=O) groups excluding carboxylic acids is 2. The maximum Gasteiger partial charge on any atom is 0.237 e. The van der Waals surface area contributed by atoms with E-state index in [4.69, 9.17) is 4.42 Å². The van der Waals surface area contributed by atoms with Crippen LogP contribution in [0.15, 0.2) is 22.8 Å². The Morgan fingerprint density at radius 3 is 2.80 bits per heavy atom. The van der Waals surface area contributed by atoms with Crippen LogP contribution in [-0.4, -0.2) is 30.9 Å². The summed E-state index contributed by atoms with van der Waals surface area (Å²) in [4.78, 5) is 23.2. The van der Waals surface area contributed by atoms with Gasteiger partial charge in [0.05, 0.1) is 18.8 Å². The molecule has 3 N–H and O–H groups in total. The van der Waals surface area contributed by atoms with E-state index in [1.54, 1.807) is 19.3 Å². The van der Waals surface area contributed by atoms with Crippen LogP contribution in [0.25, 0.3) is 0 Å². The number of hydrogen-bond donors (Lipinski definition) is 3. The van der Waals surface area contributed by atoms with Crippen molar-refractivity contribution in [2.45, 2.75) is 32.4 Å². The molecule has 1 atom stereocenters. The van der Waals surface area contributed by atoms with Crippen molar-refractivity contribution < 1.29 is 14.0 Å². The van der Waals surface area contributed by atoms with Gasteiger partial charge in [-0.25, -0.2) is 0 Å². The van der Waals surface area contributed by atoms with E-state index in [9.17, 15) is 9.59 Å². The van der Waals surface area contributed by atoms with Gasteiger partial charge >= 0.3 is 0 Å². The minimum Gasteiger partial charge on any atom is -0.467 e. The van der Waals surface area contributed by atoms with Crippen LogP contribution in [0.2, 0.25) is 0 Å². The number of nitrogens with one attached hydrogen (secondary N) is 3. The highest BCUT2D eigenvalue weighted by Crippen LogP contribution is 2.28. The Bertz CT molecular complexity index is 441. The predicted molar refractivity (Wildman–Crippen MR) is 73.8 cm³/mol. The van der Waals surface area contributed by atoms with Crippen LogP contribution in [0.4, 0.5) is 0 Å². The van der Waals surface area contributed by atoms with Crippen molar-refractivity contribution in [3.05, 3.63) is 24.2 Å². The van der Waals surface area contributed by atoms with Gasteiger partial charge in [0, 0.05) is 19.0 Å². The zero-order valence-corrected chi connectivity index (χ0v) is 11.6. The fourth-order valence-corrected chi connectivity index (χ4v) is 1.80. The molecular formula is C14H21N3O3. The normalized spacial score (nSPS) is 15.7. The Hall–Kier alpha value is -1.82. The van der Waals surface area contributed by atoms with E-state index in [0.717, 1.165) is 18.6 Å². The van der Waals surface area contributed by atoms with Gasteiger partial charge in [-0.05, 0) is 31.9 Å². The zero-order chi connectivity index (χ0) is 14.4. The molecule has 1 fully saturated rings. The summed E-state index contributed by atoms with van der Waals surface area (Å²) in [5.41, 5.74) is 0. The largest absolute Gasteiger partial charge is 0.467 e. The van der Waals surface area contributed by atoms with Crippen LogP contribution in [0.3, 0.4) is 0 Å². The summed E-state index contributed by atoms with van der Waals surface area (Å²) < 4.78 is 5.13. The Labute approximate surface area is 118 Å². The standard InChI is InChI=1S/C14H21N3O3/c1-10(13(18)17-9-12-3-2-8-20-12)15-6-7-16-14(19)11-4-5-11/h2-3,8,10-11,15H,4-7,9H2,1H3,(H,16,19)(H,17,18). The zero-order valence-electron chi connectivity index (χ0n) is 11.6. The number of furan rings is 1. The fraction of sp³-hybridized carbons (Fsp3) is 0.571. The molecule has 1 saturated carbocycles. The van der Waals surface area contributed by atoms with Crippen LogP contribution in [-0.2, 0) is 16.1 Å². The third kappa shape index (κ3) is 4.70. The first-order valence-corrected chi connectivity index (χ1v) is 6.98. The van der Waals surface area contributed by atoms with Crippen molar-refractivity contribution in [3.8, 4) is 0 Å². The summed E-state index contributed by atoms with van der Waals surface area (Å²) in [5, 5.41) is 8.70. The third-order valence-corrected chi connectivity index (χ3v) is 3.23. The van der Waals surface area contributed by atoms with Gasteiger partial charge in [-0.1, -0.05) is 0 Å². The molecule has 0 aromatic carbocycles. The van der Waals surface area contributed by atoms with Crippen LogP contribution >= 0.6 is 0 Å². The van der Waals surface area contributed by atoms with Gasteiger partial charge in [0.1, 0.15) is 5.76 Å². The van der Waals surface area contributed by atoms with E-state index in [-0.39, 0.29) is 23.8 Å². The molecule has 2 amide bonds. The first-order valence-electron chi connectivity index (χ1n) is 6.98. The highest BCUT2D eigenvalue weighted by atomic mass is 16.3. The quantitative estimate of drug-likeness (QED) is 0.602. The number of amides is 2. The molecule has 20 heavy (non-hydrogen) atoms. The highest BCUT2D eigenvalue weighted by molar-refractivity contribution is 5.81. The van der Waals surface area contributed by atoms with Crippen molar-refractivity contribution in [1.82, 2.24) is 16.0 Å². The lowest BCUT2D eigenvalue weighted by Gasteiger charge is -2.13. The molecule has 2 rings (SSSR count). The Morgan fingerprint density at radius 2 is 2.15 bits per heavy atom. The van der Waals surface area contributed by atoms with Gasteiger partial charge in [-0.15, -0.1) is 0 Å².